The van der Waals surface area contributed by atoms with Crippen LogP contribution in [0.4, 0.5) is 11.4 Å². The molecular formula is C11H14N2O4. The fraction of sp³-hybridized carbons (Fsp3) is 0.455. The van der Waals surface area contributed by atoms with E-state index in [1.165, 1.54) is 6.07 Å². The highest BCUT2D eigenvalue weighted by atomic mass is 16.6. The van der Waals surface area contributed by atoms with E-state index in [0.29, 0.717) is 18.7 Å². The van der Waals surface area contributed by atoms with E-state index in [1.807, 2.05) is 4.90 Å². The molecule has 0 bridgehead atoms. The second-order valence-corrected chi connectivity index (χ2v) is 4.27. The first-order chi connectivity index (χ1) is 7.99. The maximum absolute atomic E-state index is 10.7. The SMILES string of the molecule is Cc1cc(N2CC(O)C(O)C2)ccc1[N+](=O)[O-]. The second-order valence-electron chi connectivity index (χ2n) is 4.27. The molecule has 17 heavy (non-hydrogen) atoms. The average molecular weight is 238 g/mol. The first-order valence-corrected chi connectivity index (χ1v) is 5.35. The monoisotopic (exact) mass is 238 g/mol. The van der Waals surface area contributed by atoms with Gasteiger partial charge in [-0.15, -0.1) is 0 Å². The molecule has 2 unspecified atom stereocenters. The lowest BCUT2D eigenvalue weighted by Gasteiger charge is -2.17. The van der Waals surface area contributed by atoms with E-state index in [-0.39, 0.29) is 5.69 Å². The van der Waals surface area contributed by atoms with Crippen LogP contribution < -0.4 is 4.90 Å². The van der Waals surface area contributed by atoms with Gasteiger partial charge in [0.15, 0.2) is 0 Å². The average Bonchev–Trinajstić information content (AvgIpc) is 2.58. The topological polar surface area (TPSA) is 86.8 Å². The maximum atomic E-state index is 10.7. The molecule has 0 spiro atoms. The van der Waals surface area contributed by atoms with Crippen molar-refractivity contribution in [2.45, 2.75) is 19.1 Å². The fourth-order valence-electron chi connectivity index (χ4n) is 2.02. The van der Waals surface area contributed by atoms with E-state index in [0.717, 1.165) is 5.69 Å². The number of nitro groups is 1. The molecule has 0 radical (unpaired) electrons. The molecule has 1 aromatic carbocycles. The molecule has 2 rings (SSSR count). The van der Waals surface area contributed by atoms with Gasteiger partial charge in [0.25, 0.3) is 5.69 Å². The quantitative estimate of drug-likeness (QED) is 0.577. The van der Waals surface area contributed by atoms with E-state index in [4.69, 9.17) is 0 Å². The van der Waals surface area contributed by atoms with E-state index < -0.39 is 17.1 Å². The predicted octanol–water partition coefficient (Wildman–Crippen LogP) is 0.445. The Hall–Kier alpha value is -1.66. The summed E-state index contributed by atoms with van der Waals surface area (Å²) < 4.78 is 0. The Kier molecular flexibility index (Phi) is 2.99. The van der Waals surface area contributed by atoms with Crippen molar-refractivity contribution in [2.24, 2.45) is 0 Å². The van der Waals surface area contributed by atoms with Crippen LogP contribution in [-0.2, 0) is 0 Å². The van der Waals surface area contributed by atoms with Crippen LogP contribution >= 0.6 is 0 Å². The number of aryl methyl sites for hydroxylation is 1. The molecule has 0 saturated carbocycles. The molecule has 2 N–H and O–H groups in total. The number of hydrogen-bond acceptors (Lipinski definition) is 5. The lowest BCUT2D eigenvalue weighted by molar-refractivity contribution is -0.385. The molecule has 6 heteroatoms. The number of aliphatic hydroxyl groups is 2. The van der Waals surface area contributed by atoms with Gasteiger partial charge in [-0.05, 0) is 19.1 Å². The zero-order valence-corrected chi connectivity index (χ0v) is 9.41. The van der Waals surface area contributed by atoms with Gasteiger partial charge >= 0.3 is 0 Å². The number of aliphatic hydroxyl groups excluding tert-OH is 2. The number of rotatable bonds is 2. The minimum atomic E-state index is -0.759. The molecule has 1 aliphatic heterocycles. The van der Waals surface area contributed by atoms with Gasteiger partial charge < -0.3 is 15.1 Å². The number of nitro benzene ring substituents is 1. The molecule has 6 nitrogen and oxygen atoms in total. The van der Waals surface area contributed by atoms with Gasteiger partial charge in [0, 0.05) is 30.4 Å². The summed E-state index contributed by atoms with van der Waals surface area (Å²) in [6.45, 7) is 2.36. The smallest absolute Gasteiger partial charge is 0.272 e. The Labute approximate surface area is 98.3 Å². The standard InChI is InChI=1S/C11H14N2O4/c1-7-4-8(2-3-9(7)13(16)17)12-5-10(14)11(15)6-12/h2-4,10-11,14-15H,5-6H2,1H3. The summed E-state index contributed by atoms with van der Waals surface area (Å²) in [5, 5.41) is 29.6. The summed E-state index contributed by atoms with van der Waals surface area (Å²) in [5.74, 6) is 0. The summed E-state index contributed by atoms with van der Waals surface area (Å²) in [7, 11) is 0. The molecule has 2 atom stereocenters. The lowest BCUT2D eigenvalue weighted by atomic mass is 10.1. The van der Waals surface area contributed by atoms with Gasteiger partial charge in [0.05, 0.1) is 17.1 Å². The van der Waals surface area contributed by atoms with Crippen LogP contribution in [0, 0.1) is 17.0 Å². The van der Waals surface area contributed by atoms with Gasteiger partial charge in [-0.1, -0.05) is 0 Å². The van der Waals surface area contributed by atoms with Gasteiger partial charge in [-0.3, -0.25) is 10.1 Å². The number of benzene rings is 1. The summed E-state index contributed by atoms with van der Waals surface area (Å²) >= 11 is 0. The van der Waals surface area contributed by atoms with Crippen molar-refractivity contribution in [3.63, 3.8) is 0 Å². The van der Waals surface area contributed by atoms with Crippen LogP contribution in [0.5, 0.6) is 0 Å². The molecule has 1 aliphatic rings. The highest BCUT2D eigenvalue weighted by Crippen LogP contribution is 2.26. The molecule has 1 saturated heterocycles. The Balaban J connectivity index is 2.24. The van der Waals surface area contributed by atoms with E-state index in [9.17, 15) is 20.3 Å². The molecule has 1 fully saturated rings. The molecule has 0 amide bonds. The third-order valence-corrected chi connectivity index (χ3v) is 3.00. The molecule has 1 aromatic rings. The van der Waals surface area contributed by atoms with Crippen molar-refractivity contribution in [1.82, 2.24) is 0 Å². The fourth-order valence-corrected chi connectivity index (χ4v) is 2.02. The highest BCUT2D eigenvalue weighted by molar-refractivity contribution is 5.56. The van der Waals surface area contributed by atoms with Crippen LogP contribution in [0.15, 0.2) is 18.2 Å². The predicted molar refractivity (Wildman–Crippen MR) is 62.1 cm³/mol. The minimum absolute atomic E-state index is 0.0778. The summed E-state index contributed by atoms with van der Waals surface area (Å²) in [5.41, 5.74) is 1.43. The molecule has 1 heterocycles. The largest absolute Gasteiger partial charge is 0.389 e. The van der Waals surface area contributed by atoms with E-state index in [1.54, 1.807) is 19.1 Å². The Morgan fingerprint density at radius 2 is 1.94 bits per heavy atom. The van der Waals surface area contributed by atoms with Crippen molar-refractivity contribution < 1.29 is 15.1 Å². The summed E-state index contributed by atoms with van der Waals surface area (Å²) in [6, 6.07) is 4.78. The first-order valence-electron chi connectivity index (χ1n) is 5.35. The normalized spacial score (nSPS) is 24.1. The zero-order valence-electron chi connectivity index (χ0n) is 9.41. The maximum Gasteiger partial charge on any atom is 0.272 e. The molecule has 0 aliphatic carbocycles. The lowest BCUT2D eigenvalue weighted by Crippen LogP contribution is -2.22. The number of hydrogen-bond donors (Lipinski definition) is 2. The van der Waals surface area contributed by atoms with Gasteiger partial charge in [0.1, 0.15) is 0 Å². The van der Waals surface area contributed by atoms with Crippen molar-refractivity contribution in [3.8, 4) is 0 Å². The van der Waals surface area contributed by atoms with Gasteiger partial charge in [-0.2, -0.15) is 0 Å². The Morgan fingerprint density at radius 1 is 1.35 bits per heavy atom. The van der Waals surface area contributed by atoms with Crippen molar-refractivity contribution in [2.75, 3.05) is 18.0 Å². The number of anilines is 1. The number of nitrogens with zero attached hydrogens (tertiary/aromatic N) is 2. The van der Waals surface area contributed by atoms with Crippen LogP contribution in [0.2, 0.25) is 0 Å². The minimum Gasteiger partial charge on any atom is -0.389 e. The van der Waals surface area contributed by atoms with E-state index in [2.05, 4.69) is 0 Å². The second kappa shape index (κ2) is 4.31. The molecular weight excluding hydrogens is 224 g/mol. The zero-order chi connectivity index (χ0) is 12.6. The van der Waals surface area contributed by atoms with Crippen molar-refractivity contribution in [1.29, 1.82) is 0 Å². The summed E-state index contributed by atoms with van der Waals surface area (Å²) in [4.78, 5) is 12.1. The van der Waals surface area contributed by atoms with Crippen LogP contribution in [0.1, 0.15) is 5.56 Å². The molecule has 0 aromatic heterocycles. The Morgan fingerprint density at radius 3 is 2.41 bits per heavy atom. The third kappa shape index (κ3) is 2.22. The number of β-amino-alcohol motifs (C(OH)–C–C–N with tert-alkyl or cyclic N) is 2. The van der Waals surface area contributed by atoms with Crippen LogP contribution in [-0.4, -0.2) is 40.4 Å². The Bertz CT molecular complexity index is 439. The van der Waals surface area contributed by atoms with Crippen molar-refractivity contribution >= 4 is 11.4 Å². The molecule has 92 valence electrons. The van der Waals surface area contributed by atoms with Crippen LogP contribution in [0.25, 0.3) is 0 Å². The first kappa shape index (κ1) is 11.8. The van der Waals surface area contributed by atoms with Crippen LogP contribution in [0.3, 0.4) is 0 Å². The third-order valence-electron chi connectivity index (χ3n) is 3.00. The summed E-state index contributed by atoms with van der Waals surface area (Å²) in [6.07, 6.45) is -1.52. The van der Waals surface area contributed by atoms with Gasteiger partial charge in [0.2, 0.25) is 0 Å². The van der Waals surface area contributed by atoms with E-state index >= 15 is 0 Å². The highest BCUT2D eigenvalue weighted by Gasteiger charge is 2.30. The van der Waals surface area contributed by atoms with Crippen molar-refractivity contribution in [3.05, 3.63) is 33.9 Å². The van der Waals surface area contributed by atoms with Gasteiger partial charge in [-0.25, -0.2) is 0 Å².